The van der Waals surface area contributed by atoms with Gasteiger partial charge in [0.1, 0.15) is 11.3 Å². The zero-order valence-electron chi connectivity index (χ0n) is 54.2. The SMILES string of the molecule is CC(C)(C)C1CC=C(c2cccc(C3=CCC(C(C)(C)C)CC3)c2-c2cnc3c4ccccc4c4ccccc4n23)CC1.CC(C)(C)C1CCC(c2cccc(C3CCC(C(C)(C)C)CC3)c2-c2cnc3c4ccccc4c4ccccc4n23)CC1. The molecular weight excluding hydrogens is 1040 g/mol. The summed E-state index contributed by atoms with van der Waals surface area (Å²) in [6.45, 7) is 29.0. The van der Waals surface area contributed by atoms with Gasteiger partial charge in [0.15, 0.2) is 0 Å². The highest BCUT2D eigenvalue weighted by Gasteiger charge is 2.36. The molecule has 0 radical (unpaired) electrons. The van der Waals surface area contributed by atoms with Crippen LogP contribution in [0.2, 0.25) is 0 Å². The summed E-state index contributed by atoms with van der Waals surface area (Å²) in [5.41, 5.74) is 20.3. The van der Waals surface area contributed by atoms with E-state index in [0.29, 0.717) is 33.5 Å². The van der Waals surface area contributed by atoms with Crippen LogP contribution in [0.3, 0.4) is 0 Å². The van der Waals surface area contributed by atoms with Crippen LogP contribution in [-0.4, -0.2) is 18.8 Å². The van der Waals surface area contributed by atoms with Gasteiger partial charge in [0.25, 0.3) is 0 Å². The van der Waals surface area contributed by atoms with Gasteiger partial charge in [-0.25, -0.2) is 9.97 Å². The molecule has 86 heavy (non-hydrogen) atoms. The van der Waals surface area contributed by atoms with Gasteiger partial charge in [-0.05, 0) is 203 Å². The fourth-order valence-electron chi connectivity index (χ4n) is 16.7. The molecule has 4 heterocycles. The van der Waals surface area contributed by atoms with E-state index in [1.807, 2.05) is 0 Å². The molecule has 10 aromatic rings. The van der Waals surface area contributed by atoms with Crippen molar-refractivity contribution in [3.05, 3.63) is 180 Å². The van der Waals surface area contributed by atoms with Crippen molar-refractivity contribution in [1.82, 2.24) is 18.8 Å². The van der Waals surface area contributed by atoms with Gasteiger partial charge in [-0.3, -0.25) is 8.80 Å². The molecule has 14 rings (SSSR count). The Kier molecular flexibility index (Phi) is 15.4. The lowest BCUT2D eigenvalue weighted by Crippen LogP contribution is -2.26. The quantitative estimate of drug-likeness (QED) is 0.156. The molecule has 2 unspecified atom stereocenters. The molecule has 4 nitrogen and oxygen atoms in total. The number of pyridine rings is 2. The third-order valence-electron chi connectivity index (χ3n) is 22.2. The van der Waals surface area contributed by atoms with E-state index in [2.05, 4.69) is 250 Å². The first-order chi connectivity index (χ1) is 41.2. The summed E-state index contributed by atoms with van der Waals surface area (Å²) >= 11 is 0. The fraction of sp³-hybridized carbons (Fsp3) is 0.439. The molecule has 0 spiro atoms. The van der Waals surface area contributed by atoms with Gasteiger partial charge in [-0.15, -0.1) is 0 Å². The van der Waals surface area contributed by atoms with Crippen molar-refractivity contribution in [1.29, 1.82) is 0 Å². The Morgan fingerprint density at radius 3 is 1.06 bits per heavy atom. The number of fused-ring (bicyclic) bond motifs is 12. The number of nitrogens with zero attached hydrogens (tertiary/aromatic N) is 4. The summed E-state index contributed by atoms with van der Waals surface area (Å²) in [5.74, 6) is 4.30. The molecule has 4 aliphatic carbocycles. The smallest absolute Gasteiger partial charge is 0.145 e. The van der Waals surface area contributed by atoms with E-state index >= 15 is 0 Å². The molecule has 0 N–H and O–H groups in total. The number of allylic oxidation sites excluding steroid dienone is 4. The molecule has 4 aliphatic rings. The average Bonchev–Trinajstić information content (AvgIpc) is 2.52. The Hall–Kier alpha value is -6.78. The van der Waals surface area contributed by atoms with Crippen molar-refractivity contribution >= 4 is 65.8 Å². The minimum atomic E-state index is 0.338. The molecule has 4 aromatic heterocycles. The largest absolute Gasteiger partial charge is 0.292 e. The van der Waals surface area contributed by atoms with Crippen molar-refractivity contribution in [2.75, 3.05) is 0 Å². The van der Waals surface area contributed by atoms with E-state index in [9.17, 15) is 0 Å². The number of hydrogen-bond donors (Lipinski definition) is 0. The molecular formula is C82H96N4. The summed E-state index contributed by atoms with van der Waals surface area (Å²) in [6, 6.07) is 49.8. The van der Waals surface area contributed by atoms with Crippen LogP contribution in [0.25, 0.3) is 88.3 Å². The first-order valence-corrected chi connectivity index (χ1v) is 33.4. The molecule has 0 aliphatic heterocycles. The highest BCUT2D eigenvalue weighted by molar-refractivity contribution is 6.14. The minimum Gasteiger partial charge on any atom is -0.292 e. The van der Waals surface area contributed by atoms with Gasteiger partial charge in [-0.2, -0.15) is 0 Å². The molecule has 0 amide bonds. The maximum absolute atomic E-state index is 5.20. The van der Waals surface area contributed by atoms with Crippen molar-refractivity contribution < 1.29 is 0 Å². The molecule has 2 saturated carbocycles. The van der Waals surface area contributed by atoms with Crippen LogP contribution >= 0.6 is 0 Å². The number of benzene rings is 6. The van der Waals surface area contributed by atoms with Crippen LogP contribution in [-0.2, 0) is 0 Å². The summed E-state index contributed by atoms with van der Waals surface area (Å²) < 4.78 is 4.95. The van der Waals surface area contributed by atoms with Crippen molar-refractivity contribution in [3.8, 4) is 22.5 Å². The highest BCUT2D eigenvalue weighted by atomic mass is 15.0. The maximum Gasteiger partial charge on any atom is 0.145 e. The molecule has 444 valence electrons. The summed E-state index contributed by atoms with van der Waals surface area (Å²) in [5, 5.41) is 7.59. The predicted octanol–water partition coefficient (Wildman–Crippen LogP) is 23.7. The number of hydrogen-bond acceptors (Lipinski definition) is 2. The van der Waals surface area contributed by atoms with Crippen molar-refractivity contribution in [2.24, 2.45) is 45.3 Å². The highest BCUT2D eigenvalue weighted by Crippen LogP contribution is 2.52. The Morgan fingerprint density at radius 2 is 0.686 bits per heavy atom. The topological polar surface area (TPSA) is 34.6 Å². The maximum atomic E-state index is 5.20. The Balaban J connectivity index is 0.000000160. The molecule has 0 bridgehead atoms. The third kappa shape index (κ3) is 10.9. The number of imidazole rings is 2. The van der Waals surface area contributed by atoms with Crippen molar-refractivity contribution in [2.45, 2.75) is 185 Å². The Bertz CT molecular complexity index is 4090. The van der Waals surface area contributed by atoms with Crippen molar-refractivity contribution in [3.63, 3.8) is 0 Å². The van der Waals surface area contributed by atoms with Gasteiger partial charge < -0.3 is 0 Å². The Morgan fingerprint density at radius 1 is 0.337 bits per heavy atom. The second-order valence-corrected chi connectivity index (χ2v) is 31.2. The number of para-hydroxylation sites is 2. The second kappa shape index (κ2) is 22.7. The van der Waals surface area contributed by atoms with E-state index in [-0.39, 0.29) is 0 Å². The van der Waals surface area contributed by atoms with E-state index in [1.165, 1.54) is 152 Å². The van der Waals surface area contributed by atoms with Crippen LogP contribution < -0.4 is 0 Å². The van der Waals surface area contributed by atoms with E-state index < -0.39 is 0 Å². The van der Waals surface area contributed by atoms with Gasteiger partial charge in [0, 0.05) is 32.7 Å². The van der Waals surface area contributed by atoms with Gasteiger partial charge >= 0.3 is 0 Å². The first kappa shape index (κ1) is 58.2. The summed E-state index contributed by atoms with van der Waals surface area (Å²) in [6.07, 6.45) is 27.0. The average molecular weight is 1140 g/mol. The number of aromatic nitrogens is 4. The van der Waals surface area contributed by atoms with E-state index in [0.717, 1.165) is 60.6 Å². The number of rotatable bonds is 6. The lowest BCUT2D eigenvalue weighted by Gasteiger charge is -2.39. The minimum absolute atomic E-state index is 0.338. The Labute approximate surface area is 514 Å². The zero-order valence-corrected chi connectivity index (χ0v) is 54.2. The van der Waals surface area contributed by atoms with Crippen LogP contribution in [0.1, 0.15) is 207 Å². The van der Waals surface area contributed by atoms with Crippen LogP contribution in [0, 0.1) is 45.3 Å². The van der Waals surface area contributed by atoms with Crippen LogP contribution in [0.15, 0.2) is 158 Å². The van der Waals surface area contributed by atoms with E-state index in [1.54, 1.807) is 11.1 Å². The molecule has 0 saturated heterocycles. The monoisotopic (exact) mass is 1140 g/mol. The van der Waals surface area contributed by atoms with Crippen LogP contribution in [0.5, 0.6) is 0 Å². The van der Waals surface area contributed by atoms with Gasteiger partial charge in [0.05, 0.1) is 34.8 Å². The standard InChI is InChI=1S/C41H50N2.C41H46N2/c2*1-40(2,3)29-22-18-27(19-23-29)31-15-11-16-32(28-20-24-30(25-21-28)41(4,5)6)38(31)37-26-42-39-35-14-8-7-12-33(35)34-13-9-10-17-36(34)43(37)39/h7-17,26-30H,18-25H2,1-6H3;7-18,20,26,29-30H,19,21-25H2,1-6H3. The van der Waals surface area contributed by atoms with Gasteiger partial charge in [-0.1, -0.05) is 217 Å². The van der Waals surface area contributed by atoms with Gasteiger partial charge in [0.2, 0.25) is 0 Å². The summed E-state index contributed by atoms with van der Waals surface area (Å²) in [7, 11) is 0. The lowest BCUT2D eigenvalue weighted by molar-refractivity contribution is 0.168. The molecule has 2 atom stereocenters. The molecule has 4 heteroatoms. The van der Waals surface area contributed by atoms with E-state index in [4.69, 9.17) is 9.97 Å². The second-order valence-electron chi connectivity index (χ2n) is 31.2. The first-order valence-electron chi connectivity index (χ1n) is 33.4. The molecule has 6 aromatic carbocycles. The normalized spacial score (nSPS) is 21.9. The zero-order chi connectivity index (χ0) is 59.9. The predicted molar refractivity (Wildman–Crippen MR) is 369 cm³/mol. The lowest BCUT2D eigenvalue weighted by atomic mass is 9.66. The van der Waals surface area contributed by atoms with Crippen LogP contribution in [0.4, 0.5) is 0 Å². The fourth-order valence-corrected chi connectivity index (χ4v) is 16.7. The molecule has 2 fully saturated rings. The summed E-state index contributed by atoms with van der Waals surface area (Å²) in [4.78, 5) is 10.4. The third-order valence-corrected chi connectivity index (χ3v) is 22.2.